The lowest BCUT2D eigenvalue weighted by atomic mass is 10.4. The minimum Gasteiger partial charge on any atom is -0.450 e. The maximum absolute atomic E-state index is 10.2. The number of hydrogen-bond donors (Lipinski definition) is 2. The lowest BCUT2D eigenvalue weighted by Gasteiger charge is -2.08. The van der Waals surface area contributed by atoms with E-state index in [1.807, 2.05) is 0 Å². The second kappa shape index (κ2) is 19.1. The first-order valence-electron chi connectivity index (χ1n) is 6.81. The molecule has 12 nitrogen and oxygen atoms in total. The zero-order valence-electron chi connectivity index (χ0n) is 14.7. The Morgan fingerprint density at radius 2 is 1.24 bits per heavy atom. The number of carboxylic acid groups (broad SMARTS) is 2. The summed E-state index contributed by atoms with van der Waals surface area (Å²) < 4.78 is 25.1. The summed E-state index contributed by atoms with van der Waals surface area (Å²) in [7, 11) is 2.51. The van der Waals surface area contributed by atoms with Crippen LogP contribution in [0.2, 0.25) is 0 Å². The molecule has 0 spiro atoms. The Morgan fingerprint density at radius 3 is 1.48 bits per heavy atom. The SMILES string of the molecule is CC(COC(=O)O)OC(=O)O.CCOC(=O)OCC.COC(=O)OC. The molecular formula is C13H24O12. The number of methoxy groups -OCH3 is 2. The molecule has 0 aromatic carbocycles. The molecule has 0 saturated carbocycles. The third-order valence-electron chi connectivity index (χ3n) is 1.60. The molecule has 0 aromatic rings. The number of hydrogen-bond acceptors (Lipinski definition) is 10. The molecule has 0 rings (SSSR count). The standard InChI is InChI=1S/C5H8O6.C5H10O3.C3H6O3/c1-3(11-5(8)9)2-10-4(6)7;1-3-7-5(6)8-4-2;1-5-3(4)6-2/h3H,2H2,1H3,(H,6,7)(H,8,9);3-4H2,1-2H3;1-2H3. The second-order valence-corrected chi connectivity index (χ2v) is 3.55. The zero-order chi connectivity index (χ0) is 20.3. The van der Waals surface area contributed by atoms with Crippen LogP contribution in [0.3, 0.4) is 0 Å². The van der Waals surface area contributed by atoms with E-state index in [0.717, 1.165) is 0 Å². The molecule has 1 unspecified atom stereocenters. The van der Waals surface area contributed by atoms with Crippen LogP contribution in [-0.2, 0) is 28.4 Å². The fourth-order valence-corrected chi connectivity index (χ4v) is 0.755. The first-order valence-corrected chi connectivity index (χ1v) is 6.81. The van der Waals surface area contributed by atoms with Crippen molar-refractivity contribution in [2.24, 2.45) is 0 Å². The van der Waals surface area contributed by atoms with Crippen molar-refractivity contribution in [3.8, 4) is 0 Å². The molecule has 0 radical (unpaired) electrons. The average Bonchev–Trinajstić information content (AvgIpc) is 2.53. The van der Waals surface area contributed by atoms with E-state index in [0.29, 0.717) is 13.2 Å². The average molecular weight is 372 g/mol. The van der Waals surface area contributed by atoms with Crippen LogP contribution in [-0.4, -0.2) is 75.0 Å². The first kappa shape index (κ1) is 27.0. The molecule has 0 heterocycles. The van der Waals surface area contributed by atoms with Crippen molar-refractivity contribution in [2.45, 2.75) is 26.9 Å². The molecule has 0 bridgehead atoms. The van der Waals surface area contributed by atoms with Gasteiger partial charge in [-0.3, -0.25) is 0 Å². The third kappa shape index (κ3) is 29.7. The molecule has 0 aromatic heterocycles. The highest BCUT2D eigenvalue weighted by molar-refractivity contribution is 5.59. The Labute approximate surface area is 144 Å². The minimum absolute atomic E-state index is 0.290. The van der Waals surface area contributed by atoms with E-state index in [2.05, 4.69) is 28.4 Å². The second-order valence-electron chi connectivity index (χ2n) is 3.55. The Bertz CT molecular complexity index is 367. The van der Waals surface area contributed by atoms with E-state index in [-0.39, 0.29) is 6.61 Å². The van der Waals surface area contributed by atoms with Crippen molar-refractivity contribution in [1.29, 1.82) is 0 Å². The molecule has 1 atom stereocenters. The van der Waals surface area contributed by atoms with Gasteiger partial charge in [-0.15, -0.1) is 0 Å². The van der Waals surface area contributed by atoms with Gasteiger partial charge in [0, 0.05) is 0 Å². The minimum atomic E-state index is -1.45. The van der Waals surface area contributed by atoms with E-state index in [1.165, 1.54) is 21.1 Å². The maximum Gasteiger partial charge on any atom is 0.508 e. The molecule has 12 heteroatoms. The van der Waals surface area contributed by atoms with Crippen LogP contribution in [0.4, 0.5) is 19.2 Å². The van der Waals surface area contributed by atoms with Crippen molar-refractivity contribution < 1.29 is 57.8 Å². The zero-order valence-corrected chi connectivity index (χ0v) is 14.7. The van der Waals surface area contributed by atoms with Gasteiger partial charge in [0.25, 0.3) is 0 Å². The van der Waals surface area contributed by atoms with Gasteiger partial charge in [0.2, 0.25) is 0 Å². The number of carbonyl (C=O) groups excluding carboxylic acids is 2. The van der Waals surface area contributed by atoms with Gasteiger partial charge in [-0.05, 0) is 20.8 Å². The van der Waals surface area contributed by atoms with Crippen LogP contribution in [0.25, 0.3) is 0 Å². The normalized spacial score (nSPS) is 9.48. The summed E-state index contributed by atoms with van der Waals surface area (Å²) in [6, 6.07) is 0. The highest BCUT2D eigenvalue weighted by atomic mass is 16.7. The Morgan fingerprint density at radius 1 is 0.800 bits per heavy atom. The number of ether oxygens (including phenoxy) is 6. The van der Waals surface area contributed by atoms with Gasteiger partial charge >= 0.3 is 24.6 Å². The van der Waals surface area contributed by atoms with Crippen molar-refractivity contribution in [3.63, 3.8) is 0 Å². The predicted octanol–water partition coefficient (Wildman–Crippen LogP) is 2.34. The number of carbonyl (C=O) groups is 4. The summed E-state index contributed by atoms with van der Waals surface area (Å²) in [4.78, 5) is 39.5. The fraction of sp³-hybridized carbons (Fsp3) is 0.692. The van der Waals surface area contributed by atoms with Crippen LogP contribution < -0.4 is 0 Å². The lowest BCUT2D eigenvalue weighted by molar-refractivity contribution is 0.0122. The van der Waals surface area contributed by atoms with Crippen LogP contribution in [0.1, 0.15) is 20.8 Å². The molecule has 0 amide bonds. The maximum atomic E-state index is 10.2. The predicted molar refractivity (Wildman–Crippen MR) is 80.6 cm³/mol. The van der Waals surface area contributed by atoms with E-state index in [4.69, 9.17) is 10.2 Å². The van der Waals surface area contributed by atoms with Crippen LogP contribution in [0.5, 0.6) is 0 Å². The van der Waals surface area contributed by atoms with Crippen molar-refractivity contribution in [3.05, 3.63) is 0 Å². The molecule has 2 N–H and O–H groups in total. The Balaban J connectivity index is -0.000000306. The molecule has 0 saturated heterocycles. The fourth-order valence-electron chi connectivity index (χ4n) is 0.755. The summed E-state index contributed by atoms with van der Waals surface area (Å²) in [5.41, 5.74) is 0. The van der Waals surface area contributed by atoms with Gasteiger partial charge in [-0.25, -0.2) is 19.2 Å². The number of rotatable bonds is 5. The lowest BCUT2D eigenvalue weighted by Crippen LogP contribution is -2.20. The summed E-state index contributed by atoms with van der Waals surface area (Å²) in [6.07, 6.45) is -4.93. The van der Waals surface area contributed by atoms with Gasteiger partial charge in [0.05, 0.1) is 27.4 Å². The quantitative estimate of drug-likeness (QED) is 0.535. The molecular weight excluding hydrogens is 348 g/mol. The monoisotopic (exact) mass is 372 g/mol. The molecule has 0 aliphatic carbocycles. The molecule has 0 fully saturated rings. The molecule has 0 aliphatic rings. The van der Waals surface area contributed by atoms with E-state index in [1.54, 1.807) is 13.8 Å². The van der Waals surface area contributed by atoms with Gasteiger partial charge < -0.3 is 38.6 Å². The largest absolute Gasteiger partial charge is 0.508 e. The van der Waals surface area contributed by atoms with Crippen molar-refractivity contribution in [2.75, 3.05) is 34.0 Å². The third-order valence-corrected chi connectivity index (χ3v) is 1.60. The van der Waals surface area contributed by atoms with E-state index >= 15 is 0 Å². The van der Waals surface area contributed by atoms with Gasteiger partial charge in [0.15, 0.2) is 0 Å². The van der Waals surface area contributed by atoms with Crippen molar-refractivity contribution in [1.82, 2.24) is 0 Å². The van der Waals surface area contributed by atoms with Crippen molar-refractivity contribution >= 4 is 24.6 Å². The van der Waals surface area contributed by atoms with E-state index in [9.17, 15) is 19.2 Å². The van der Waals surface area contributed by atoms with Crippen LogP contribution >= 0.6 is 0 Å². The first-order chi connectivity index (χ1) is 11.6. The highest BCUT2D eigenvalue weighted by Crippen LogP contribution is 1.92. The topological polar surface area (TPSA) is 164 Å². The van der Waals surface area contributed by atoms with Gasteiger partial charge in [-0.2, -0.15) is 0 Å². The van der Waals surface area contributed by atoms with Gasteiger partial charge in [-0.1, -0.05) is 0 Å². The molecule has 148 valence electrons. The van der Waals surface area contributed by atoms with Crippen LogP contribution in [0, 0.1) is 0 Å². The summed E-state index contributed by atoms with van der Waals surface area (Å²) in [6.45, 7) is 5.31. The summed E-state index contributed by atoms with van der Waals surface area (Å²) >= 11 is 0. The molecule has 25 heavy (non-hydrogen) atoms. The van der Waals surface area contributed by atoms with E-state index < -0.39 is 30.7 Å². The Kier molecular flexibility index (Phi) is 20.6. The summed E-state index contributed by atoms with van der Waals surface area (Å²) in [5.74, 6) is 0. The smallest absolute Gasteiger partial charge is 0.450 e. The molecule has 0 aliphatic heterocycles. The highest BCUT2D eigenvalue weighted by Gasteiger charge is 2.09. The Hall–Kier alpha value is -2.92. The van der Waals surface area contributed by atoms with Gasteiger partial charge in [0.1, 0.15) is 12.7 Å². The summed E-state index contributed by atoms with van der Waals surface area (Å²) in [5, 5.41) is 16.0. The van der Waals surface area contributed by atoms with Crippen LogP contribution in [0.15, 0.2) is 0 Å².